The molecule has 14 heavy (non-hydrogen) atoms. The van der Waals surface area contributed by atoms with Crippen molar-refractivity contribution < 1.29 is 0 Å². The molecule has 0 unspecified atom stereocenters. The minimum absolute atomic E-state index is 0.598. The Bertz CT molecular complexity index is 294. The zero-order valence-electron chi connectivity index (χ0n) is 9.10. The van der Waals surface area contributed by atoms with E-state index in [1.54, 1.807) is 0 Å². The molecule has 0 aromatic heterocycles. The lowest BCUT2D eigenvalue weighted by Crippen LogP contribution is -2.10. The molecule has 0 fully saturated rings. The molecule has 0 bridgehead atoms. The SMILES string of the molecule is CNCCc1cc(Br)cc(C(C)C)c1. The zero-order chi connectivity index (χ0) is 10.6. The van der Waals surface area contributed by atoms with Crippen molar-refractivity contribution in [2.45, 2.75) is 26.2 Å². The molecule has 0 amide bonds. The minimum Gasteiger partial charge on any atom is -0.319 e. The van der Waals surface area contributed by atoms with Crippen LogP contribution in [-0.2, 0) is 6.42 Å². The molecule has 1 aromatic carbocycles. The van der Waals surface area contributed by atoms with E-state index < -0.39 is 0 Å². The molecule has 1 nitrogen and oxygen atoms in total. The van der Waals surface area contributed by atoms with Gasteiger partial charge in [-0.2, -0.15) is 0 Å². The van der Waals surface area contributed by atoms with E-state index in [9.17, 15) is 0 Å². The minimum atomic E-state index is 0.598. The predicted molar refractivity (Wildman–Crippen MR) is 65.9 cm³/mol. The molecule has 1 N–H and O–H groups in total. The lowest BCUT2D eigenvalue weighted by Gasteiger charge is -2.09. The van der Waals surface area contributed by atoms with E-state index in [0.29, 0.717) is 5.92 Å². The molecule has 0 saturated heterocycles. The number of halogens is 1. The molecule has 0 saturated carbocycles. The van der Waals surface area contributed by atoms with E-state index in [2.05, 4.69) is 53.3 Å². The normalized spacial score (nSPS) is 10.9. The largest absolute Gasteiger partial charge is 0.319 e. The second-order valence-corrected chi connectivity index (χ2v) is 4.82. The van der Waals surface area contributed by atoms with Gasteiger partial charge in [0.2, 0.25) is 0 Å². The second-order valence-electron chi connectivity index (χ2n) is 3.90. The van der Waals surface area contributed by atoms with Gasteiger partial charge in [-0.3, -0.25) is 0 Å². The summed E-state index contributed by atoms with van der Waals surface area (Å²) in [4.78, 5) is 0. The van der Waals surface area contributed by atoms with Crippen LogP contribution in [0, 0.1) is 0 Å². The van der Waals surface area contributed by atoms with Crippen LogP contribution in [0.3, 0.4) is 0 Å². The van der Waals surface area contributed by atoms with E-state index in [0.717, 1.165) is 13.0 Å². The quantitative estimate of drug-likeness (QED) is 0.871. The average Bonchev–Trinajstić information content (AvgIpc) is 2.14. The number of rotatable bonds is 4. The highest BCUT2D eigenvalue weighted by Crippen LogP contribution is 2.22. The molecule has 0 spiro atoms. The third-order valence-corrected chi connectivity index (χ3v) is 2.77. The van der Waals surface area contributed by atoms with Gasteiger partial charge in [-0.25, -0.2) is 0 Å². The fourth-order valence-electron chi connectivity index (χ4n) is 1.42. The Labute approximate surface area is 95.0 Å². The number of hydrogen-bond acceptors (Lipinski definition) is 1. The third-order valence-electron chi connectivity index (χ3n) is 2.31. The van der Waals surface area contributed by atoms with E-state index >= 15 is 0 Å². The number of likely N-dealkylation sites (N-methyl/N-ethyl adjacent to an activating group) is 1. The molecule has 1 rings (SSSR count). The highest BCUT2D eigenvalue weighted by atomic mass is 79.9. The average molecular weight is 256 g/mol. The standard InChI is InChI=1S/C12H18BrN/c1-9(2)11-6-10(4-5-14-3)7-12(13)8-11/h6-9,14H,4-5H2,1-3H3. The Balaban J connectivity index is 2.84. The first-order valence-electron chi connectivity index (χ1n) is 5.07. The van der Waals surface area contributed by atoms with Gasteiger partial charge in [-0.05, 0) is 49.2 Å². The lowest BCUT2D eigenvalue weighted by molar-refractivity contribution is 0.786. The molecule has 1 aromatic rings. The molecule has 2 heteroatoms. The summed E-state index contributed by atoms with van der Waals surface area (Å²) in [5, 5.41) is 3.17. The van der Waals surface area contributed by atoms with Gasteiger partial charge in [0, 0.05) is 4.47 Å². The van der Waals surface area contributed by atoms with Crippen LogP contribution in [0.2, 0.25) is 0 Å². The Morgan fingerprint density at radius 3 is 2.57 bits per heavy atom. The van der Waals surface area contributed by atoms with Crippen LogP contribution in [0.15, 0.2) is 22.7 Å². The summed E-state index contributed by atoms with van der Waals surface area (Å²) in [6.45, 7) is 5.49. The van der Waals surface area contributed by atoms with Crippen molar-refractivity contribution in [1.29, 1.82) is 0 Å². The van der Waals surface area contributed by atoms with Crippen LogP contribution >= 0.6 is 15.9 Å². The second kappa shape index (κ2) is 5.52. The van der Waals surface area contributed by atoms with Crippen LogP contribution in [0.25, 0.3) is 0 Å². The highest BCUT2D eigenvalue weighted by Gasteiger charge is 2.02. The summed E-state index contributed by atoms with van der Waals surface area (Å²) in [6.07, 6.45) is 1.09. The molecule has 0 aliphatic rings. The fourth-order valence-corrected chi connectivity index (χ4v) is 1.98. The van der Waals surface area contributed by atoms with Gasteiger partial charge in [0.25, 0.3) is 0 Å². The van der Waals surface area contributed by atoms with Gasteiger partial charge >= 0.3 is 0 Å². The first-order valence-corrected chi connectivity index (χ1v) is 5.86. The smallest absolute Gasteiger partial charge is 0.0180 e. The van der Waals surface area contributed by atoms with Crippen molar-refractivity contribution in [2.24, 2.45) is 0 Å². The van der Waals surface area contributed by atoms with Crippen molar-refractivity contribution in [2.75, 3.05) is 13.6 Å². The maximum atomic E-state index is 3.55. The molecule has 0 aliphatic heterocycles. The topological polar surface area (TPSA) is 12.0 Å². The van der Waals surface area contributed by atoms with E-state index in [4.69, 9.17) is 0 Å². The summed E-state index contributed by atoms with van der Waals surface area (Å²) >= 11 is 3.55. The van der Waals surface area contributed by atoms with Crippen molar-refractivity contribution in [3.8, 4) is 0 Å². The van der Waals surface area contributed by atoms with Crippen LogP contribution in [0.1, 0.15) is 30.9 Å². The van der Waals surface area contributed by atoms with Gasteiger partial charge in [-0.15, -0.1) is 0 Å². The van der Waals surface area contributed by atoms with Crippen LogP contribution < -0.4 is 5.32 Å². The third kappa shape index (κ3) is 3.43. The first-order chi connectivity index (χ1) is 6.63. The van der Waals surface area contributed by atoms with Crippen molar-refractivity contribution >= 4 is 15.9 Å². The van der Waals surface area contributed by atoms with Gasteiger partial charge in [0.15, 0.2) is 0 Å². The zero-order valence-corrected chi connectivity index (χ0v) is 10.7. The lowest BCUT2D eigenvalue weighted by atomic mass is 10.00. The van der Waals surface area contributed by atoms with Gasteiger partial charge in [-0.1, -0.05) is 35.8 Å². The van der Waals surface area contributed by atoms with Crippen LogP contribution in [0.5, 0.6) is 0 Å². The number of nitrogens with one attached hydrogen (secondary N) is 1. The number of hydrogen-bond donors (Lipinski definition) is 1. The Kier molecular flexibility index (Phi) is 4.63. The molecule has 78 valence electrons. The molecule has 0 radical (unpaired) electrons. The summed E-state index contributed by atoms with van der Waals surface area (Å²) < 4.78 is 1.19. The Morgan fingerprint density at radius 1 is 1.29 bits per heavy atom. The van der Waals surface area contributed by atoms with E-state index in [1.165, 1.54) is 15.6 Å². The maximum absolute atomic E-state index is 3.55. The Morgan fingerprint density at radius 2 is 2.00 bits per heavy atom. The molecular formula is C12H18BrN. The van der Waals surface area contributed by atoms with E-state index in [1.807, 2.05) is 7.05 Å². The first kappa shape index (κ1) is 11.7. The molecule has 0 atom stereocenters. The maximum Gasteiger partial charge on any atom is 0.0180 e. The highest BCUT2D eigenvalue weighted by molar-refractivity contribution is 9.10. The summed E-state index contributed by atoms with van der Waals surface area (Å²) in [7, 11) is 1.99. The van der Waals surface area contributed by atoms with Gasteiger partial charge in [0.1, 0.15) is 0 Å². The molecule has 0 aliphatic carbocycles. The van der Waals surface area contributed by atoms with Gasteiger partial charge in [0.05, 0.1) is 0 Å². The Hall–Kier alpha value is -0.340. The van der Waals surface area contributed by atoms with Crippen LogP contribution in [-0.4, -0.2) is 13.6 Å². The van der Waals surface area contributed by atoms with Gasteiger partial charge < -0.3 is 5.32 Å². The summed E-state index contributed by atoms with van der Waals surface area (Å²) in [6, 6.07) is 6.70. The fraction of sp³-hybridized carbons (Fsp3) is 0.500. The molecular weight excluding hydrogens is 238 g/mol. The van der Waals surface area contributed by atoms with Crippen molar-refractivity contribution in [3.63, 3.8) is 0 Å². The van der Waals surface area contributed by atoms with Crippen LogP contribution in [0.4, 0.5) is 0 Å². The summed E-state index contributed by atoms with van der Waals surface area (Å²) in [5.41, 5.74) is 2.81. The predicted octanol–water partition coefficient (Wildman–Crippen LogP) is 3.33. The van der Waals surface area contributed by atoms with E-state index in [-0.39, 0.29) is 0 Å². The molecule has 0 heterocycles. The van der Waals surface area contributed by atoms with Crippen molar-refractivity contribution in [3.05, 3.63) is 33.8 Å². The monoisotopic (exact) mass is 255 g/mol. The number of benzene rings is 1. The summed E-state index contributed by atoms with van der Waals surface area (Å²) in [5.74, 6) is 0.598. The van der Waals surface area contributed by atoms with Crippen molar-refractivity contribution in [1.82, 2.24) is 5.32 Å².